The SMILES string of the molecule is COc1cc2occ(-c3ccc4ccccc4c3)c2cc1/C(C)=C/C(=O)NCc1ccc(C)cc1. The molecule has 0 bridgehead atoms. The number of ether oxygens (including phenoxy) is 1. The van der Waals surface area contributed by atoms with E-state index in [1.807, 2.05) is 62.4 Å². The van der Waals surface area contributed by atoms with Crippen LogP contribution in [0.25, 0.3) is 38.4 Å². The number of benzene rings is 4. The minimum absolute atomic E-state index is 0.146. The molecule has 4 heteroatoms. The summed E-state index contributed by atoms with van der Waals surface area (Å²) >= 11 is 0. The molecule has 1 amide bonds. The van der Waals surface area contributed by atoms with Crippen molar-refractivity contribution in [2.75, 3.05) is 7.11 Å². The molecule has 0 spiro atoms. The van der Waals surface area contributed by atoms with Crippen molar-refractivity contribution in [3.63, 3.8) is 0 Å². The van der Waals surface area contributed by atoms with Gasteiger partial charge in [0.2, 0.25) is 5.91 Å². The van der Waals surface area contributed by atoms with Gasteiger partial charge in [0.05, 0.1) is 13.4 Å². The second kappa shape index (κ2) is 9.51. The molecule has 1 heterocycles. The average molecular weight is 462 g/mol. The molecule has 174 valence electrons. The van der Waals surface area contributed by atoms with Crippen molar-refractivity contribution in [3.8, 4) is 16.9 Å². The lowest BCUT2D eigenvalue weighted by atomic mass is 9.97. The maximum Gasteiger partial charge on any atom is 0.244 e. The van der Waals surface area contributed by atoms with E-state index in [9.17, 15) is 4.79 Å². The number of carbonyl (C=O) groups excluding carboxylic acids is 1. The quantitative estimate of drug-likeness (QED) is 0.270. The first-order valence-corrected chi connectivity index (χ1v) is 11.6. The van der Waals surface area contributed by atoms with E-state index in [1.54, 1.807) is 19.4 Å². The summed E-state index contributed by atoms with van der Waals surface area (Å²) in [6.07, 6.45) is 3.40. The zero-order valence-electron chi connectivity index (χ0n) is 20.1. The fraction of sp³-hybridized carbons (Fsp3) is 0.129. The molecular formula is C31H27NO3. The number of rotatable bonds is 6. The van der Waals surface area contributed by atoms with Crippen molar-refractivity contribution in [1.82, 2.24) is 5.32 Å². The molecule has 0 unspecified atom stereocenters. The van der Waals surface area contributed by atoms with Gasteiger partial charge in [0.1, 0.15) is 11.3 Å². The molecule has 35 heavy (non-hydrogen) atoms. The summed E-state index contributed by atoms with van der Waals surface area (Å²) in [4.78, 5) is 12.6. The Hall–Kier alpha value is -4.31. The summed E-state index contributed by atoms with van der Waals surface area (Å²) in [6, 6.07) is 26.8. The highest BCUT2D eigenvalue weighted by Crippen LogP contribution is 2.38. The van der Waals surface area contributed by atoms with E-state index in [-0.39, 0.29) is 5.91 Å². The van der Waals surface area contributed by atoms with Gasteiger partial charge in [-0.3, -0.25) is 4.79 Å². The highest BCUT2D eigenvalue weighted by atomic mass is 16.5. The van der Waals surface area contributed by atoms with E-state index in [4.69, 9.17) is 9.15 Å². The number of hydrogen-bond acceptors (Lipinski definition) is 3. The number of carbonyl (C=O) groups is 1. The van der Waals surface area contributed by atoms with Crippen LogP contribution in [0, 0.1) is 6.92 Å². The van der Waals surface area contributed by atoms with Crippen molar-refractivity contribution in [3.05, 3.63) is 108 Å². The van der Waals surface area contributed by atoms with Gasteiger partial charge in [-0.05, 0) is 53.5 Å². The lowest BCUT2D eigenvalue weighted by Crippen LogP contribution is -2.20. The third-order valence-corrected chi connectivity index (χ3v) is 6.32. The normalized spacial score (nSPS) is 11.7. The molecular weight excluding hydrogens is 434 g/mol. The largest absolute Gasteiger partial charge is 0.496 e. The molecule has 0 fully saturated rings. The number of allylic oxidation sites excluding steroid dienone is 1. The predicted molar refractivity (Wildman–Crippen MR) is 142 cm³/mol. The van der Waals surface area contributed by atoms with Gasteiger partial charge in [-0.15, -0.1) is 0 Å². The van der Waals surface area contributed by atoms with Gasteiger partial charge in [-0.25, -0.2) is 0 Å². The van der Waals surface area contributed by atoms with Crippen LogP contribution >= 0.6 is 0 Å². The van der Waals surface area contributed by atoms with E-state index < -0.39 is 0 Å². The topological polar surface area (TPSA) is 51.5 Å². The van der Waals surface area contributed by atoms with Crippen molar-refractivity contribution in [2.45, 2.75) is 20.4 Å². The number of fused-ring (bicyclic) bond motifs is 2. The molecule has 5 aromatic rings. The van der Waals surface area contributed by atoms with E-state index in [1.165, 1.54) is 16.3 Å². The summed E-state index contributed by atoms with van der Waals surface area (Å²) in [6.45, 7) is 4.45. The first-order chi connectivity index (χ1) is 17.0. The predicted octanol–water partition coefficient (Wildman–Crippen LogP) is 7.29. The number of nitrogens with one attached hydrogen (secondary N) is 1. The second-order valence-corrected chi connectivity index (χ2v) is 8.79. The highest BCUT2D eigenvalue weighted by molar-refractivity contribution is 6.01. The lowest BCUT2D eigenvalue weighted by molar-refractivity contribution is -0.116. The standard InChI is InChI=1S/C31H27NO3/c1-20-8-10-22(11-9-20)18-32-31(33)14-21(2)26-16-27-28(19-35-30(27)17-29(26)34-3)25-13-12-23-6-4-5-7-24(23)15-25/h4-17,19H,18H2,1-3H3,(H,32,33)/b21-14+. The smallest absolute Gasteiger partial charge is 0.244 e. The fourth-order valence-corrected chi connectivity index (χ4v) is 4.33. The van der Waals surface area contributed by atoms with Crippen LogP contribution in [-0.2, 0) is 11.3 Å². The Bertz CT molecular complexity index is 1560. The van der Waals surface area contributed by atoms with Crippen LogP contribution < -0.4 is 10.1 Å². The van der Waals surface area contributed by atoms with E-state index in [2.05, 4.69) is 35.6 Å². The summed E-state index contributed by atoms with van der Waals surface area (Å²) in [5, 5.41) is 6.32. The lowest BCUT2D eigenvalue weighted by Gasteiger charge is -2.10. The number of amides is 1. The Balaban J connectivity index is 1.46. The first kappa shape index (κ1) is 22.5. The number of furan rings is 1. The van der Waals surface area contributed by atoms with Gasteiger partial charge in [-0.2, -0.15) is 0 Å². The van der Waals surface area contributed by atoms with Gasteiger partial charge >= 0.3 is 0 Å². The Kier molecular flexibility index (Phi) is 6.11. The molecule has 0 saturated carbocycles. The molecule has 0 aliphatic heterocycles. The Morgan fingerprint density at radius 3 is 2.51 bits per heavy atom. The molecule has 1 N–H and O–H groups in total. The summed E-state index contributed by atoms with van der Waals surface area (Å²) in [7, 11) is 1.63. The zero-order valence-corrected chi connectivity index (χ0v) is 20.1. The summed E-state index contributed by atoms with van der Waals surface area (Å²) in [5.74, 6) is 0.518. The molecule has 4 aromatic carbocycles. The third kappa shape index (κ3) is 4.69. The average Bonchev–Trinajstić information content (AvgIpc) is 3.30. The van der Waals surface area contributed by atoms with Crippen LogP contribution in [0.4, 0.5) is 0 Å². The number of hydrogen-bond donors (Lipinski definition) is 1. The second-order valence-electron chi connectivity index (χ2n) is 8.79. The highest BCUT2D eigenvalue weighted by Gasteiger charge is 2.15. The van der Waals surface area contributed by atoms with Crippen LogP contribution in [0.3, 0.4) is 0 Å². The molecule has 5 rings (SSSR count). The van der Waals surface area contributed by atoms with Gasteiger partial charge in [0.15, 0.2) is 0 Å². The van der Waals surface area contributed by atoms with E-state index in [0.717, 1.165) is 38.8 Å². The minimum Gasteiger partial charge on any atom is -0.496 e. The van der Waals surface area contributed by atoms with Crippen LogP contribution in [0.5, 0.6) is 5.75 Å². The molecule has 1 aromatic heterocycles. The van der Waals surface area contributed by atoms with Crippen LogP contribution in [-0.4, -0.2) is 13.0 Å². The van der Waals surface area contributed by atoms with Crippen molar-refractivity contribution >= 4 is 33.2 Å². The fourth-order valence-electron chi connectivity index (χ4n) is 4.33. The Morgan fingerprint density at radius 1 is 0.971 bits per heavy atom. The third-order valence-electron chi connectivity index (χ3n) is 6.32. The van der Waals surface area contributed by atoms with Gasteiger partial charge < -0.3 is 14.5 Å². The van der Waals surface area contributed by atoms with Gasteiger partial charge in [0, 0.05) is 35.2 Å². The Morgan fingerprint density at radius 2 is 1.74 bits per heavy atom. The van der Waals surface area contributed by atoms with Crippen LogP contribution in [0.1, 0.15) is 23.6 Å². The van der Waals surface area contributed by atoms with E-state index in [0.29, 0.717) is 12.3 Å². The maximum atomic E-state index is 12.6. The van der Waals surface area contributed by atoms with Crippen LogP contribution in [0.15, 0.2) is 95.6 Å². The molecule has 0 atom stereocenters. The first-order valence-electron chi connectivity index (χ1n) is 11.6. The molecule has 4 nitrogen and oxygen atoms in total. The van der Waals surface area contributed by atoms with E-state index >= 15 is 0 Å². The molecule has 0 aliphatic rings. The molecule has 0 radical (unpaired) electrons. The van der Waals surface area contributed by atoms with Gasteiger partial charge in [-0.1, -0.05) is 66.2 Å². The van der Waals surface area contributed by atoms with Gasteiger partial charge in [0.25, 0.3) is 0 Å². The molecule has 0 aliphatic carbocycles. The van der Waals surface area contributed by atoms with Crippen molar-refractivity contribution in [2.24, 2.45) is 0 Å². The van der Waals surface area contributed by atoms with Crippen molar-refractivity contribution < 1.29 is 13.9 Å². The number of methoxy groups -OCH3 is 1. The maximum absolute atomic E-state index is 12.6. The Labute approximate surface area is 204 Å². The van der Waals surface area contributed by atoms with Crippen molar-refractivity contribution in [1.29, 1.82) is 0 Å². The monoisotopic (exact) mass is 461 g/mol. The zero-order chi connectivity index (χ0) is 24.4. The summed E-state index contributed by atoms with van der Waals surface area (Å²) < 4.78 is 11.5. The van der Waals surface area contributed by atoms with Crippen LogP contribution in [0.2, 0.25) is 0 Å². The summed E-state index contributed by atoms with van der Waals surface area (Å²) in [5.41, 5.74) is 6.76. The minimum atomic E-state index is -0.146. The molecule has 0 saturated heterocycles. The number of aryl methyl sites for hydroxylation is 1.